The third kappa shape index (κ3) is 3.01. The van der Waals surface area contributed by atoms with Gasteiger partial charge in [0.15, 0.2) is 0 Å². The van der Waals surface area contributed by atoms with Crippen LogP contribution in [0.25, 0.3) is 21.9 Å². The van der Waals surface area contributed by atoms with Crippen LogP contribution in [-0.2, 0) is 6.42 Å². The Morgan fingerprint density at radius 1 is 1.07 bits per heavy atom. The number of rotatable bonds is 3. The van der Waals surface area contributed by atoms with Crippen molar-refractivity contribution in [2.75, 3.05) is 23.7 Å². The SMILES string of the molecule is Nc1nc(N2CCC(Cc3ccccc3)CC2)c2c(n1)[nH]c1ccc(O)cc12. The van der Waals surface area contributed by atoms with E-state index in [0.29, 0.717) is 5.92 Å². The molecular weight excluding hydrogens is 350 g/mol. The Labute approximate surface area is 163 Å². The van der Waals surface area contributed by atoms with Crippen LogP contribution in [0.2, 0.25) is 0 Å². The van der Waals surface area contributed by atoms with Gasteiger partial charge in [-0.3, -0.25) is 0 Å². The van der Waals surface area contributed by atoms with Gasteiger partial charge in [0.2, 0.25) is 5.95 Å². The number of hydrogen-bond acceptors (Lipinski definition) is 5. The van der Waals surface area contributed by atoms with Crippen LogP contribution in [0.3, 0.4) is 0 Å². The molecule has 6 nitrogen and oxygen atoms in total. The number of phenolic OH excluding ortho intramolecular Hbond substituents is 1. The summed E-state index contributed by atoms with van der Waals surface area (Å²) in [4.78, 5) is 14.6. The number of hydrogen-bond donors (Lipinski definition) is 3. The number of phenols is 1. The summed E-state index contributed by atoms with van der Waals surface area (Å²) in [5.74, 6) is 2.04. The van der Waals surface area contributed by atoms with E-state index < -0.39 is 0 Å². The number of aromatic hydroxyl groups is 1. The lowest BCUT2D eigenvalue weighted by Gasteiger charge is -2.33. The van der Waals surface area contributed by atoms with E-state index in [1.165, 1.54) is 5.56 Å². The fraction of sp³-hybridized carbons (Fsp3) is 0.273. The first-order valence-corrected chi connectivity index (χ1v) is 9.74. The molecule has 1 aliphatic rings. The zero-order valence-corrected chi connectivity index (χ0v) is 15.6. The van der Waals surface area contributed by atoms with Crippen molar-refractivity contribution in [2.45, 2.75) is 19.3 Å². The maximum absolute atomic E-state index is 9.95. The number of H-pyrrole nitrogens is 1. The molecule has 6 heteroatoms. The third-order valence-corrected chi connectivity index (χ3v) is 5.71. The number of piperidine rings is 1. The highest BCUT2D eigenvalue weighted by Gasteiger charge is 2.24. The smallest absolute Gasteiger partial charge is 0.223 e. The molecule has 1 fully saturated rings. The molecule has 3 heterocycles. The summed E-state index contributed by atoms with van der Waals surface area (Å²) in [6.07, 6.45) is 3.36. The van der Waals surface area contributed by atoms with E-state index in [1.807, 2.05) is 6.07 Å². The molecule has 28 heavy (non-hydrogen) atoms. The number of aromatic nitrogens is 3. The van der Waals surface area contributed by atoms with E-state index in [9.17, 15) is 5.11 Å². The van der Waals surface area contributed by atoms with E-state index in [4.69, 9.17) is 5.73 Å². The summed E-state index contributed by atoms with van der Waals surface area (Å²) >= 11 is 0. The second-order valence-electron chi connectivity index (χ2n) is 7.60. The zero-order valence-electron chi connectivity index (χ0n) is 15.6. The molecule has 4 N–H and O–H groups in total. The molecule has 2 aromatic carbocycles. The maximum Gasteiger partial charge on any atom is 0.223 e. The standard InChI is InChI=1S/C22H23N5O/c23-22-25-20-19(17-13-16(28)6-7-18(17)24-20)21(26-22)27-10-8-15(9-11-27)12-14-4-2-1-3-5-14/h1-7,13,15,28H,8-12H2,(H3,23,24,25,26). The quantitative estimate of drug-likeness (QED) is 0.507. The topological polar surface area (TPSA) is 91.1 Å². The molecule has 1 aliphatic heterocycles. The average Bonchev–Trinajstić information content (AvgIpc) is 3.06. The van der Waals surface area contributed by atoms with E-state index in [1.54, 1.807) is 12.1 Å². The van der Waals surface area contributed by atoms with Crippen LogP contribution in [0, 0.1) is 5.92 Å². The van der Waals surface area contributed by atoms with Crippen LogP contribution in [-0.4, -0.2) is 33.1 Å². The van der Waals surface area contributed by atoms with Gasteiger partial charge in [0.05, 0.1) is 5.39 Å². The van der Waals surface area contributed by atoms with E-state index >= 15 is 0 Å². The van der Waals surface area contributed by atoms with E-state index in [2.05, 4.69) is 50.2 Å². The lowest BCUT2D eigenvalue weighted by Crippen LogP contribution is -2.35. The molecule has 0 bridgehead atoms. The molecule has 4 aromatic rings. The highest BCUT2D eigenvalue weighted by molar-refractivity contribution is 6.12. The fourth-order valence-electron chi connectivity index (χ4n) is 4.31. The van der Waals surface area contributed by atoms with Crippen LogP contribution in [0.1, 0.15) is 18.4 Å². The molecule has 0 aliphatic carbocycles. The van der Waals surface area contributed by atoms with Gasteiger partial charge >= 0.3 is 0 Å². The molecule has 2 aromatic heterocycles. The normalized spacial score (nSPS) is 15.5. The molecule has 1 saturated heterocycles. The van der Waals surface area contributed by atoms with Crippen molar-refractivity contribution in [3.63, 3.8) is 0 Å². The largest absolute Gasteiger partial charge is 0.508 e. The molecule has 0 amide bonds. The highest BCUT2D eigenvalue weighted by atomic mass is 16.3. The van der Waals surface area contributed by atoms with Gasteiger partial charge in [0, 0.05) is 24.0 Å². The van der Waals surface area contributed by atoms with Crippen LogP contribution < -0.4 is 10.6 Å². The second-order valence-corrected chi connectivity index (χ2v) is 7.60. The van der Waals surface area contributed by atoms with Crippen LogP contribution in [0.5, 0.6) is 5.75 Å². The molecule has 0 unspecified atom stereocenters. The molecule has 5 rings (SSSR count). The second kappa shape index (κ2) is 6.71. The van der Waals surface area contributed by atoms with Gasteiger partial charge in [-0.2, -0.15) is 9.97 Å². The zero-order chi connectivity index (χ0) is 19.1. The first-order chi connectivity index (χ1) is 13.7. The first-order valence-electron chi connectivity index (χ1n) is 9.74. The van der Waals surface area contributed by atoms with Crippen molar-refractivity contribution in [1.82, 2.24) is 15.0 Å². The summed E-state index contributed by atoms with van der Waals surface area (Å²) in [6, 6.07) is 16.0. The number of nitrogens with two attached hydrogens (primary N) is 1. The molecule has 142 valence electrons. The van der Waals surface area contributed by atoms with Crippen molar-refractivity contribution < 1.29 is 5.11 Å². The Hall–Kier alpha value is -3.28. The van der Waals surface area contributed by atoms with Crippen LogP contribution in [0.15, 0.2) is 48.5 Å². The summed E-state index contributed by atoms with van der Waals surface area (Å²) in [6.45, 7) is 1.88. The van der Waals surface area contributed by atoms with E-state index in [0.717, 1.165) is 60.1 Å². The fourth-order valence-corrected chi connectivity index (χ4v) is 4.31. The number of benzene rings is 2. The van der Waals surface area contributed by atoms with Crippen molar-refractivity contribution in [3.8, 4) is 5.75 Å². The minimum absolute atomic E-state index is 0.234. The van der Waals surface area contributed by atoms with Gasteiger partial charge in [-0.05, 0) is 48.9 Å². The third-order valence-electron chi connectivity index (χ3n) is 5.71. The summed E-state index contributed by atoms with van der Waals surface area (Å²) < 4.78 is 0. The number of nitrogen functional groups attached to an aromatic ring is 1. The summed E-state index contributed by atoms with van der Waals surface area (Å²) in [5.41, 5.74) is 9.04. The Morgan fingerprint density at radius 2 is 1.86 bits per heavy atom. The van der Waals surface area contributed by atoms with Crippen molar-refractivity contribution in [1.29, 1.82) is 0 Å². The average molecular weight is 373 g/mol. The minimum atomic E-state index is 0.234. The molecule has 0 saturated carbocycles. The van der Waals surface area contributed by atoms with E-state index in [-0.39, 0.29) is 11.7 Å². The Balaban J connectivity index is 1.45. The van der Waals surface area contributed by atoms with Crippen molar-refractivity contribution in [2.24, 2.45) is 5.92 Å². The monoisotopic (exact) mass is 373 g/mol. The summed E-state index contributed by atoms with van der Waals surface area (Å²) in [7, 11) is 0. The minimum Gasteiger partial charge on any atom is -0.508 e. The first kappa shape index (κ1) is 16.9. The van der Waals surface area contributed by atoms with Crippen molar-refractivity contribution in [3.05, 3.63) is 54.1 Å². The van der Waals surface area contributed by atoms with Gasteiger partial charge < -0.3 is 20.7 Å². The highest BCUT2D eigenvalue weighted by Crippen LogP contribution is 2.35. The number of aromatic amines is 1. The Kier molecular flexibility index (Phi) is 4.04. The predicted molar refractivity (Wildman–Crippen MR) is 113 cm³/mol. The van der Waals surface area contributed by atoms with Gasteiger partial charge in [0.25, 0.3) is 0 Å². The predicted octanol–water partition coefficient (Wildman–Crippen LogP) is 3.86. The maximum atomic E-state index is 9.95. The molecular formula is C22H23N5O. The number of nitrogens with zero attached hydrogens (tertiary/aromatic N) is 3. The van der Waals surface area contributed by atoms with Gasteiger partial charge in [0.1, 0.15) is 17.2 Å². The number of nitrogens with one attached hydrogen (secondary N) is 1. The van der Waals surface area contributed by atoms with Gasteiger partial charge in [-0.1, -0.05) is 30.3 Å². The lowest BCUT2D eigenvalue weighted by atomic mass is 9.90. The van der Waals surface area contributed by atoms with Crippen LogP contribution >= 0.6 is 0 Å². The van der Waals surface area contributed by atoms with Gasteiger partial charge in [-0.25, -0.2) is 0 Å². The molecule has 0 spiro atoms. The number of anilines is 2. The summed E-state index contributed by atoms with van der Waals surface area (Å²) in [5, 5.41) is 11.8. The molecule has 0 atom stereocenters. The lowest BCUT2D eigenvalue weighted by molar-refractivity contribution is 0.403. The Bertz CT molecular complexity index is 1130. The van der Waals surface area contributed by atoms with Gasteiger partial charge in [-0.15, -0.1) is 0 Å². The number of fused-ring (bicyclic) bond motifs is 3. The van der Waals surface area contributed by atoms with Crippen LogP contribution in [0.4, 0.5) is 11.8 Å². The molecule has 0 radical (unpaired) electrons. The van der Waals surface area contributed by atoms with Crippen molar-refractivity contribution >= 4 is 33.7 Å². The Morgan fingerprint density at radius 3 is 2.64 bits per heavy atom.